The van der Waals surface area contributed by atoms with Crippen LogP contribution in [0.2, 0.25) is 0 Å². The van der Waals surface area contributed by atoms with Crippen LogP contribution in [-0.4, -0.2) is 24.9 Å². The maximum Gasteiger partial charge on any atom is 0.269 e. The highest BCUT2D eigenvalue weighted by Gasteiger charge is 2.10. The Labute approximate surface area is 153 Å². The molecule has 2 aromatic carbocycles. The second-order valence-corrected chi connectivity index (χ2v) is 5.76. The molecule has 0 aliphatic rings. The molecule has 0 radical (unpaired) electrons. The molecule has 0 aliphatic carbocycles. The number of benzene rings is 2. The van der Waals surface area contributed by atoms with Crippen molar-refractivity contribution in [2.45, 2.75) is 13.5 Å². The van der Waals surface area contributed by atoms with Gasteiger partial charge in [-0.25, -0.2) is 0 Å². The fourth-order valence-corrected chi connectivity index (χ4v) is 2.64. The molecule has 2 rings (SSSR count). The van der Waals surface area contributed by atoms with Crippen LogP contribution in [0, 0.1) is 10.1 Å². The minimum atomic E-state index is -0.448. The van der Waals surface area contributed by atoms with Crippen LogP contribution in [-0.2, 0) is 11.4 Å². The maximum atomic E-state index is 10.7. The van der Waals surface area contributed by atoms with E-state index in [2.05, 4.69) is 21.1 Å². The van der Waals surface area contributed by atoms with Gasteiger partial charge in [-0.2, -0.15) is 0 Å². The number of nitro groups is 1. The minimum absolute atomic E-state index is 0.0188. The number of nitrogens with zero attached hydrogens (tertiary/aromatic N) is 2. The minimum Gasteiger partial charge on any atom is -0.493 e. The summed E-state index contributed by atoms with van der Waals surface area (Å²) < 4.78 is 11.6. The number of non-ortho nitro benzene ring substituents is 1. The fourth-order valence-electron chi connectivity index (χ4n) is 2.07. The lowest BCUT2D eigenvalue weighted by molar-refractivity contribution is -0.384. The normalized spacial score (nSPS) is 10.7. The lowest BCUT2D eigenvalue weighted by Crippen LogP contribution is -1.98. The highest BCUT2D eigenvalue weighted by atomic mass is 79.9. The number of rotatable bonds is 8. The van der Waals surface area contributed by atoms with Gasteiger partial charge in [0.1, 0.15) is 6.61 Å². The average molecular weight is 409 g/mol. The monoisotopic (exact) mass is 408 g/mol. The van der Waals surface area contributed by atoms with E-state index in [-0.39, 0.29) is 12.3 Å². The molecule has 0 unspecified atom stereocenters. The molecule has 0 bridgehead atoms. The molecule has 132 valence electrons. The van der Waals surface area contributed by atoms with Crippen molar-refractivity contribution in [3.8, 4) is 11.5 Å². The standard InChI is InChI=1S/C17H17BrN2O5/c1-3-24-17-15(18)8-13(9-16(17)23-2)10-19-25-11-12-5-4-6-14(7-12)20(21)22/h4-10H,3,11H2,1-2H3/b19-10-. The summed E-state index contributed by atoms with van der Waals surface area (Å²) in [4.78, 5) is 15.5. The zero-order chi connectivity index (χ0) is 18.2. The summed E-state index contributed by atoms with van der Waals surface area (Å²) in [6.45, 7) is 2.55. The molecule has 0 heterocycles. The summed E-state index contributed by atoms with van der Waals surface area (Å²) in [6.07, 6.45) is 1.53. The first-order valence-electron chi connectivity index (χ1n) is 7.44. The van der Waals surface area contributed by atoms with Crippen molar-refractivity contribution in [3.05, 3.63) is 62.1 Å². The topological polar surface area (TPSA) is 83.2 Å². The van der Waals surface area contributed by atoms with Crippen LogP contribution >= 0.6 is 15.9 Å². The van der Waals surface area contributed by atoms with Gasteiger partial charge >= 0.3 is 0 Å². The predicted molar refractivity (Wildman–Crippen MR) is 97.3 cm³/mol. The van der Waals surface area contributed by atoms with E-state index in [9.17, 15) is 10.1 Å². The second kappa shape index (κ2) is 9.03. The Morgan fingerprint density at radius 3 is 2.80 bits per heavy atom. The van der Waals surface area contributed by atoms with Crippen LogP contribution in [0.3, 0.4) is 0 Å². The van der Waals surface area contributed by atoms with Crippen molar-refractivity contribution in [3.63, 3.8) is 0 Å². The summed E-state index contributed by atoms with van der Waals surface area (Å²) in [5, 5.41) is 14.6. The number of nitro benzene ring substituents is 1. The van der Waals surface area contributed by atoms with Gasteiger partial charge < -0.3 is 14.3 Å². The van der Waals surface area contributed by atoms with E-state index >= 15 is 0 Å². The van der Waals surface area contributed by atoms with Gasteiger partial charge in [-0.3, -0.25) is 10.1 Å². The van der Waals surface area contributed by atoms with Gasteiger partial charge in [0.2, 0.25) is 0 Å². The van der Waals surface area contributed by atoms with Crippen LogP contribution < -0.4 is 9.47 Å². The van der Waals surface area contributed by atoms with Crippen molar-refractivity contribution in [1.29, 1.82) is 0 Å². The Morgan fingerprint density at radius 1 is 1.32 bits per heavy atom. The average Bonchev–Trinajstić information content (AvgIpc) is 2.61. The zero-order valence-corrected chi connectivity index (χ0v) is 15.4. The first-order chi connectivity index (χ1) is 12.0. The molecular formula is C17H17BrN2O5. The van der Waals surface area contributed by atoms with E-state index < -0.39 is 4.92 Å². The van der Waals surface area contributed by atoms with E-state index in [0.717, 1.165) is 10.0 Å². The SMILES string of the molecule is CCOc1c(Br)cc(/C=N\OCc2cccc([N+](=O)[O-])c2)cc1OC. The third-order valence-electron chi connectivity index (χ3n) is 3.17. The third-order valence-corrected chi connectivity index (χ3v) is 3.76. The molecule has 25 heavy (non-hydrogen) atoms. The van der Waals surface area contributed by atoms with E-state index in [1.54, 1.807) is 25.3 Å². The number of oxime groups is 1. The number of methoxy groups -OCH3 is 1. The Bertz CT molecular complexity index is 780. The van der Waals surface area contributed by atoms with E-state index in [1.165, 1.54) is 18.3 Å². The molecule has 7 nitrogen and oxygen atoms in total. The molecule has 0 fully saturated rings. The lowest BCUT2D eigenvalue weighted by atomic mass is 10.2. The van der Waals surface area contributed by atoms with Gasteiger partial charge in [-0.05, 0) is 40.5 Å². The van der Waals surface area contributed by atoms with Gasteiger partial charge in [-0.1, -0.05) is 17.3 Å². The Morgan fingerprint density at radius 2 is 2.12 bits per heavy atom. The lowest BCUT2D eigenvalue weighted by Gasteiger charge is -2.11. The third kappa shape index (κ3) is 5.18. The number of hydrogen-bond donors (Lipinski definition) is 0. The van der Waals surface area contributed by atoms with Crippen molar-refractivity contribution in [2.75, 3.05) is 13.7 Å². The fraction of sp³-hybridized carbons (Fsp3) is 0.235. The van der Waals surface area contributed by atoms with Crippen molar-refractivity contribution in [1.82, 2.24) is 0 Å². The van der Waals surface area contributed by atoms with Crippen LogP contribution in [0.5, 0.6) is 11.5 Å². The van der Waals surface area contributed by atoms with Crippen LogP contribution in [0.1, 0.15) is 18.1 Å². The van der Waals surface area contributed by atoms with Crippen LogP contribution in [0.15, 0.2) is 46.0 Å². The Kier molecular flexibility index (Phi) is 6.76. The summed E-state index contributed by atoms with van der Waals surface area (Å²) in [5.74, 6) is 1.20. The summed E-state index contributed by atoms with van der Waals surface area (Å²) in [5.41, 5.74) is 1.44. The first kappa shape index (κ1) is 18.7. The van der Waals surface area contributed by atoms with Crippen molar-refractivity contribution >= 4 is 27.8 Å². The van der Waals surface area contributed by atoms with Crippen LogP contribution in [0.25, 0.3) is 0 Å². The largest absolute Gasteiger partial charge is 0.493 e. The quantitative estimate of drug-likeness (QED) is 0.369. The van der Waals surface area contributed by atoms with Crippen molar-refractivity contribution in [2.24, 2.45) is 5.16 Å². The maximum absolute atomic E-state index is 10.7. The summed E-state index contributed by atoms with van der Waals surface area (Å²) in [6, 6.07) is 9.82. The van der Waals surface area contributed by atoms with Gasteiger partial charge in [0.05, 0.1) is 29.3 Å². The van der Waals surface area contributed by atoms with Gasteiger partial charge in [0.15, 0.2) is 11.5 Å². The molecular weight excluding hydrogens is 392 g/mol. The molecule has 0 atom stereocenters. The zero-order valence-electron chi connectivity index (χ0n) is 13.8. The molecule has 0 aliphatic heterocycles. The summed E-state index contributed by atoms with van der Waals surface area (Å²) >= 11 is 3.44. The Hall–Kier alpha value is -2.61. The summed E-state index contributed by atoms with van der Waals surface area (Å²) in [7, 11) is 1.56. The van der Waals surface area contributed by atoms with E-state index in [0.29, 0.717) is 23.7 Å². The number of ether oxygens (including phenoxy) is 2. The van der Waals surface area contributed by atoms with Gasteiger partial charge in [0.25, 0.3) is 5.69 Å². The molecule has 0 saturated heterocycles. The highest BCUT2D eigenvalue weighted by Crippen LogP contribution is 2.36. The molecule has 0 spiro atoms. The molecule has 0 saturated carbocycles. The second-order valence-electron chi connectivity index (χ2n) is 4.90. The van der Waals surface area contributed by atoms with Crippen molar-refractivity contribution < 1.29 is 19.2 Å². The molecule has 0 amide bonds. The van der Waals surface area contributed by atoms with E-state index in [4.69, 9.17) is 14.3 Å². The van der Waals surface area contributed by atoms with Gasteiger partial charge in [0, 0.05) is 17.7 Å². The van der Waals surface area contributed by atoms with Crippen LogP contribution in [0.4, 0.5) is 5.69 Å². The smallest absolute Gasteiger partial charge is 0.269 e. The number of hydrogen-bond acceptors (Lipinski definition) is 6. The molecule has 8 heteroatoms. The number of halogens is 1. The predicted octanol–water partition coefficient (Wildman–Crippen LogP) is 4.32. The van der Waals surface area contributed by atoms with Gasteiger partial charge in [-0.15, -0.1) is 0 Å². The molecule has 0 N–H and O–H groups in total. The van der Waals surface area contributed by atoms with E-state index in [1.807, 2.05) is 13.0 Å². The molecule has 2 aromatic rings. The molecule has 0 aromatic heterocycles. The first-order valence-corrected chi connectivity index (χ1v) is 8.23. The Balaban J connectivity index is 2.03. The highest BCUT2D eigenvalue weighted by molar-refractivity contribution is 9.10.